The zero-order valence-electron chi connectivity index (χ0n) is 11.2. The van der Waals surface area contributed by atoms with Gasteiger partial charge in [-0.05, 0) is 53.6 Å². The van der Waals surface area contributed by atoms with Crippen LogP contribution < -0.4 is 4.74 Å². The molecule has 20 heavy (non-hydrogen) atoms. The molecule has 0 spiro atoms. The summed E-state index contributed by atoms with van der Waals surface area (Å²) < 4.78 is 19.3. The molecule has 0 N–H and O–H groups in total. The van der Waals surface area contributed by atoms with Crippen molar-refractivity contribution in [3.8, 4) is 5.75 Å². The summed E-state index contributed by atoms with van der Waals surface area (Å²) in [5.41, 5.74) is 4.69. The highest BCUT2D eigenvalue weighted by atomic mass is 35.5. The van der Waals surface area contributed by atoms with E-state index < -0.39 is 0 Å². The molecule has 0 saturated heterocycles. The molecule has 0 aliphatic heterocycles. The Balaban J connectivity index is 1.70. The third kappa shape index (κ3) is 2.80. The normalized spacial score (nSPS) is 13.3. The third-order valence-corrected chi connectivity index (χ3v) is 4.02. The molecule has 2 aromatic carbocycles. The quantitative estimate of drug-likeness (QED) is 0.746. The second kappa shape index (κ2) is 5.84. The number of ether oxygens (including phenoxy) is 1. The number of hydrogen-bond acceptors (Lipinski definition) is 1. The smallest absolute Gasteiger partial charge is 0.165 e. The fourth-order valence-electron chi connectivity index (χ4n) is 2.62. The van der Waals surface area contributed by atoms with Crippen molar-refractivity contribution in [2.24, 2.45) is 0 Å². The van der Waals surface area contributed by atoms with E-state index >= 15 is 0 Å². The van der Waals surface area contributed by atoms with E-state index in [4.69, 9.17) is 16.3 Å². The van der Waals surface area contributed by atoms with Crippen molar-refractivity contribution in [2.45, 2.75) is 31.7 Å². The van der Waals surface area contributed by atoms with E-state index in [1.165, 1.54) is 30.0 Å². The average Bonchev–Trinajstić information content (AvgIpc) is 2.93. The Labute approximate surface area is 123 Å². The van der Waals surface area contributed by atoms with E-state index in [9.17, 15) is 4.39 Å². The summed E-state index contributed by atoms with van der Waals surface area (Å²) in [5, 5.41) is 0. The van der Waals surface area contributed by atoms with Crippen molar-refractivity contribution in [1.29, 1.82) is 0 Å². The fraction of sp³-hybridized carbons (Fsp3) is 0.294. The number of aryl methyl sites for hydroxylation is 2. The molecule has 0 unspecified atom stereocenters. The van der Waals surface area contributed by atoms with E-state index in [0.717, 1.165) is 17.5 Å². The predicted octanol–water partition coefficient (Wildman–Crippen LogP) is 4.63. The van der Waals surface area contributed by atoms with Gasteiger partial charge in [0.2, 0.25) is 0 Å². The highest BCUT2D eigenvalue weighted by Gasteiger charge is 2.11. The van der Waals surface area contributed by atoms with Crippen LogP contribution in [0.15, 0.2) is 36.4 Å². The van der Waals surface area contributed by atoms with Crippen LogP contribution >= 0.6 is 11.6 Å². The molecular weight excluding hydrogens is 275 g/mol. The standard InChI is InChI=1S/C17H16ClFO/c18-10-12-5-7-17(16(19)9-12)20-11-13-4-6-14-2-1-3-15(14)8-13/h4-9H,1-3,10-11H2. The van der Waals surface area contributed by atoms with Gasteiger partial charge in [-0.3, -0.25) is 0 Å². The van der Waals surface area contributed by atoms with E-state index in [1.54, 1.807) is 12.1 Å². The van der Waals surface area contributed by atoms with Crippen molar-refractivity contribution >= 4 is 11.6 Å². The first-order chi connectivity index (χ1) is 9.76. The monoisotopic (exact) mass is 290 g/mol. The summed E-state index contributed by atoms with van der Waals surface area (Å²) in [5.74, 6) is 0.228. The predicted molar refractivity (Wildman–Crippen MR) is 78.8 cm³/mol. The second-order valence-corrected chi connectivity index (χ2v) is 5.41. The van der Waals surface area contributed by atoms with Gasteiger partial charge in [0.25, 0.3) is 0 Å². The zero-order chi connectivity index (χ0) is 13.9. The van der Waals surface area contributed by atoms with Crippen LogP contribution in [0.3, 0.4) is 0 Å². The molecule has 1 aliphatic carbocycles. The summed E-state index contributed by atoms with van der Waals surface area (Å²) in [6.07, 6.45) is 3.54. The number of benzene rings is 2. The van der Waals surface area contributed by atoms with Gasteiger partial charge in [-0.15, -0.1) is 11.6 Å². The lowest BCUT2D eigenvalue weighted by Crippen LogP contribution is -1.99. The van der Waals surface area contributed by atoms with Crippen LogP contribution in [0, 0.1) is 5.82 Å². The first-order valence-corrected chi connectivity index (χ1v) is 7.37. The van der Waals surface area contributed by atoms with E-state index in [0.29, 0.717) is 12.5 Å². The molecule has 0 heterocycles. The lowest BCUT2D eigenvalue weighted by Gasteiger charge is -2.09. The minimum Gasteiger partial charge on any atom is -0.486 e. The SMILES string of the molecule is Fc1cc(CCl)ccc1OCc1ccc2c(c1)CCC2. The van der Waals surface area contributed by atoms with Gasteiger partial charge in [0.1, 0.15) is 6.61 Å². The fourth-order valence-corrected chi connectivity index (χ4v) is 2.79. The van der Waals surface area contributed by atoms with E-state index in [2.05, 4.69) is 18.2 Å². The molecule has 0 fully saturated rings. The van der Waals surface area contributed by atoms with E-state index in [1.807, 2.05) is 0 Å². The molecule has 1 aliphatic rings. The van der Waals surface area contributed by atoms with E-state index in [-0.39, 0.29) is 11.6 Å². The van der Waals surface area contributed by atoms with Crippen LogP contribution in [0.2, 0.25) is 0 Å². The van der Waals surface area contributed by atoms with Crippen molar-refractivity contribution in [1.82, 2.24) is 0 Å². The molecule has 3 rings (SSSR count). The van der Waals surface area contributed by atoms with Crippen molar-refractivity contribution in [2.75, 3.05) is 0 Å². The molecule has 0 saturated carbocycles. The molecule has 0 bridgehead atoms. The Bertz CT molecular complexity index is 624. The first kappa shape index (κ1) is 13.4. The highest BCUT2D eigenvalue weighted by molar-refractivity contribution is 6.17. The van der Waals surface area contributed by atoms with Gasteiger partial charge in [0.05, 0.1) is 0 Å². The van der Waals surface area contributed by atoms with Crippen LogP contribution in [-0.2, 0) is 25.3 Å². The number of rotatable bonds is 4. The van der Waals surface area contributed by atoms with Crippen LogP contribution in [0.1, 0.15) is 28.7 Å². The molecule has 0 aromatic heterocycles. The van der Waals surface area contributed by atoms with Gasteiger partial charge in [0.15, 0.2) is 11.6 Å². The van der Waals surface area contributed by atoms with Gasteiger partial charge < -0.3 is 4.74 Å². The average molecular weight is 291 g/mol. The minimum absolute atomic E-state index is 0.277. The lowest BCUT2D eigenvalue weighted by molar-refractivity contribution is 0.290. The van der Waals surface area contributed by atoms with Crippen molar-refractivity contribution < 1.29 is 9.13 Å². The van der Waals surface area contributed by atoms with Crippen LogP contribution in [0.25, 0.3) is 0 Å². The molecule has 2 aromatic rings. The minimum atomic E-state index is -0.357. The molecule has 0 radical (unpaired) electrons. The van der Waals surface area contributed by atoms with Crippen molar-refractivity contribution in [3.63, 3.8) is 0 Å². The van der Waals surface area contributed by atoms with Gasteiger partial charge >= 0.3 is 0 Å². The van der Waals surface area contributed by atoms with Gasteiger partial charge in [-0.2, -0.15) is 0 Å². The highest BCUT2D eigenvalue weighted by Crippen LogP contribution is 2.24. The number of hydrogen-bond donors (Lipinski definition) is 0. The Morgan fingerprint density at radius 2 is 1.80 bits per heavy atom. The molecule has 1 nitrogen and oxygen atoms in total. The maximum atomic E-state index is 13.8. The Morgan fingerprint density at radius 1 is 1.00 bits per heavy atom. The molecular formula is C17H16ClFO. The van der Waals surface area contributed by atoms with Gasteiger partial charge in [0, 0.05) is 5.88 Å². The number of halogens is 2. The van der Waals surface area contributed by atoms with Gasteiger partial charge in [-0.1, -0.05) is 24.3 Å². The summed E-state index contributed by atoms with van der Waals surface area (Å²) in [7, 11) is 0. The summed E-state index contributed by atoms with van der Waals surface area (Å²) >= 11 is 5.67. The summed E-state index contributed by atoms with van der Waals surface area (Å²) in [4.78, 5) is 0. The lowest BCUT2D eigenvalue weighted by atomic mass is 10.1. The maximum absolute atomic E-state index is 13.8. The second-order valence-electron chi connectivity index (χ2n) is 5.14. The summed E-state index contributed by atoms with van der Waals surface area (Å²) in [6, 6.07) is 11.2. The van der Waals surface area contributed by atoms with Crippen LogP contribution in [0.5, 0.6) is 5.75 Å². The van der Waals surface area contributed by atoms with Crippen molar-refractivity contribution in [3.05, 3.63) is 64.5 Å². The number of alkyl halides is 1. The molecule has 0 amide bonds. The Morgan fingerprint density at radius 3 is 2.60 bits per heavy atom. The largest absolute Gasteiger partial charge is 0.486 e. The number of fused-ring (bicyclic) bond motifs is 1. The Kier molecular flexibility index (Phi) is 3.93. The zero-order valence-corrected chi connectivity index (χ0v) is 11.9. The first-order valence-electron chi connectivity index (χ1n) is 6.84. The Hall–Kier alpha value is -1.54. The van der Waals surface area contributed by atoms with Crippen LogP contribution in [-0.4, -0.2) is 0 Å². The molecule has 3 heteroatoms. The molecule has 0 atom stereocenters. The maximum Gasteiger partial charge on any atom is 0.165 e. The van der Waals surface area contributed by atoms with Gasteiger partial charge in [-0.25, -0.2) is 4.39 Å². The molecule has 104 valence electrons. The summed E-state index contributed by atoms with van der Waals surface area (Å²) in [6.45, 7) is 0.393. The van der Waals surface area contributed by atoms with Crippen LogP contribution in [0.4, 0.5) is 4.39 Å². The topological polar surface area (TPSA) is 9.23 Å². The third-order valence-electron chi connectivity index (χ3n) is 3.71.